The van der Waals surface area contributed by atoms with E-state index < -0.39 is 5.82 Å². The zero-order valence-corrected chi connectivity index (χ0v) is 20.3. The van der Waals surface area contributed by atoms with Crippen molar-refractivity contribution in [3.05, 3.63) is 68.4 Å². The number of carbonyl (C=O) groups is 2. The van der Waals surface area contributed by atoms with Crippen LogP contribution in [0, 0.1) is 31.5 Å². The molecule has 0 saturated carbocycles. The first-order chi connectivity index (χ1) is 15.7. The third-order valence-corrected chi connectivity index (χ3v) is 7.44. The van der Waals surface area contributed by atoms with E-state index in [9.17, 15) is 14.0 Å². The average molecular weight is 492 g/mol. The van der Waals surface area contributed by atoms with Gasteiger partial charge in [0, 0.05) is 43.3 Å². The third kappa shape index (κ3) is 5.18. The summed E-state index contributed by atoms with van der Waals surface area (Å²) in [6.07, 6.45) is 0.845. The first kappa shape index (κ1) is 24.0. The normalized spacial score (nSPS) is 20.2. The molecule has 176 valence electrons. The van der Waals surface area contributed by atoms with Gasteiger partial charge < -0.3 is 15.1 Å². The van der Waals surface area contributed by atoms with Crippen molar-refractivity contribution in [1.82, 2.24) is 15.1 Å². The van der Waals surface area contributed by atoms with Gasteiger partial charge in [0.1, 0.15) is 5.82 Å². The molecule has 2 aliphatic heterocycles. The molecule has 0 radical (unpaired) electrons. The topological polar surface area (TPSA) is 52.7 Å². The molecule has 2 aliphatic rings. The number of carbonyl (C=O) groups excluding carboxylic acids is 2. The molecule has 8 heteroatoms. The van der Waals surface area contributed by atoms with Crippen LogP contribution in [-0.2, 0) is 0 Å². The fraction of sp³-hybridized carbons (Fsp3) is 0.440. The monoisotopic (exact) mass is 491 g/mol. The molecule has 0 spiro atoms. The van der Waals surface area contributed by atoms with Gasteiger partial charge in [0.15, 0.2) is 0 Å². The zero-order valence-electron chi connectivity index (χ0n) is 18.8. The van der Waals surface area contributed by atoms with Gasteiger partial charge in [-0.3, -0.25) is 9.59 Å². The van der Waals surface area contributed by atoms with Crippen LogP contribution in [-0.4, -0.2) is 60.9 Å². The minimum Gasteiger partial charge on any atom is -0.352 e. The molecule has 2 fully saturated rings. The predicted octanol–water partition coefficient (Wildman–Crippen LogP) is 4.57. The van der Waals surface area contributed by atoms with Gasteiger partial charge in [-0.15, -0.1) is 0 Å². The Morgan fingerprint density at radius 3 is 2.33 bits per heavy atom. The first-order valence-corrected chi connectivity index (χ1v) is 12.0. The zero-order chi connectivity index (χ0) is 23.7. The van der Waals surface area contributed by atoms with Gasteiger partial charge in [-0.1, -0.05) is 35.3 Å². The summed E-state index contributed by atoms with van der Waals surface area (Å²) in [5.41, 5.74) is 1.92. The largest absolute Gasteiger partial charge is 0.352 e. The van der Waals surface area contributed by atoms with Crippen LogP contribution in [0.15, 0.2) is 30.3 Å². The van der Waals surface area contributed by atoms with Crippen molar-refractivity contribution in [3.8, 4) is 0 Å². The number of nitrogens with zero attached hydrogens (tertiary/aromatic N) is 2. The van der Waals surface area contributed by atoms with Crippen molar-refractivity contribution in [2.24, 2.45) is 11.8 Å². The number of rotatable bonds is 6. The smallest absolute Gasteiger partial charge is 0.258 e. The lowest BCUT2D eigenvalue weighted by Crippen LogP contribution is -2.35. The van der Waals surface area contributed by atoms with Gasteiger partial charge in [-0.2, -0.15) is 0 Å². The van der Waals surface area contributed by atoms with E-state index in [4.69, 9.17) is 23.2 Å². The molecule has 2 saturated heterocycles. The highest BCUT2D eigenvalue weighted by molar-refractivity contribution is 6.34. The van der Waals surface area contributed by atoms with Crippen LogP contribution >= 0.6 is 23.2 Å². The van der Waals surface area contributed by atoms with Crippen molar-refractivity contribution in [3.63, 3.8) is 0 Å². The van der Waals surface area contributed by atoms with Crippen molar-refractivity contribution < 1.29 is 14.0 Å². The van der Waals surface area contributed by atoms with Crippen LogP contribution in [0.5, 0.6) is 0 Å². The molecule has 2 aromatic carbocycles. The number of nitrogens with one attached hydrogen (secondary N) is 1. The highest BCUT2D eigenvalue weighted by atomic mass is 35.5. The number of aryl methyl sites for hydroxylation is 2. The number of amides is 2. The first-order valence-electron chi connectivity index (χ1n) is 11.2. The summed E-state index contributed by atoms with van der Waals surface area (Å²) >= 11 is 12.2. The molecule has 2 amide bonds. The number of fused-ring (bicyclic) bond motifs is 1. The quantitative estimate of drug-likeness (QED) is 0.601. The van der Waals surface area contributed by atoms with Crippen LogP contribution in [0.3, 0.4) is 0 Å². The number of likely N-dealkylation sites (tertiary alicyclic amines) is 2. The third-order valence-electron chi connectivity index (χ3n) is 6.72. The van der Waals surface area contributed by atoms with Gasteiger partial charge >= 0.3 is 0 Å². The maximum atomic E-state index is 14.5. The van der Waals surface area contributed by atoms with Crippen LogP contribution in [0.1, 0.15) is 38.3 Å². The second kappa shape index (κ2) is 10.00. The minimum atomic E-state index is -0.527. The van der Waals surface area contributed by atoms with Crippen molar-refractivity contribution in [1.29, 1.82) is 0 Å². The van der Waals surface area contributed by atoms with E-state index in [0.29, 0.717) is 47.6 Å². The Balaban J connectivity index is 1.22. The van der Waals surface area contributed by atoms with E-state index >= 15 is 0 Å². The van der Waals surface area contributed by atoms with Crippen molar-refractivity contribution in [2.75, 3.05) is 39.3 Å². The lowest BCUT2D eigenvalue weighted by molar-refractivity contribution is 0.0769. The van der Waals surface area contributed by atoms with Gasteiger partial charge in [-0.25, -0.2) is 4.39 Å². The van der Waals surface area contributed by atoms with Crippen molar-refractivity contribution in [2.45, 2.75) is 20.3 Å². The SMILES string of the molecule is Cc1ccc(C(=O)NCCCN2CC3CN(C(=O)c4c(Cl)ccc(C)c4F)CC3C2)cc1Cl. The molecular formula is C25H28Cl2FN3O2. The van der Waals surface area contributed by atoms with Crippen LogP contribution in [0.25, 0.3) is 0 Å². The fourth-order valence-electron chi connectivity index (χ4n) is 4.79. The highest BCUT2D eigenvalue weighted by Crippen LogP contribution is 2.33. The minimum absolute atomic E-state index is 0.0147. The van der Waals surface area contributed by atoms with Crippen LogP contribution in [0.4, 0.5) is 4.39 Å². The fourth-order valence-corrected chi connectivity index (χ4v) is 5.20. The molecule has 4 rings (SSSR count). The maximum absolute atomic E-state index is 14.5. The van der Waals surface area contributed by atoms with Gasteiger partial charge in [-0.05, 0) is 68.0 Å². The second-order valence-corrected chi connectivity index (χ2v) is 9.93. The lowest BCUT2D eigenvalue weighted by atomic mass is 10.0. The van der Waals surface area contributed by atoms with E-state index in [0.717, 1.165) is 31.6 Å². The summed E-state index contributed by atoms with van der Waals surface area (Å²) in [7, 11) is 0. The summed E-state index contributed by atoms with van der Waals surface area (Å²) in [4.78, 5) is 29.3. The Morgan fingerprint density at radius 2 is 1.67 bits per heavy atom. The summed E-state index contributed by atoms with van der Waals surface area (Å²) in [5, 5.41) is 3.70. The van der Waals surface area contributed by atoms with E-state index in [2.05, 4.69) is 10.2 Å². The number of hydrogen-bond acceptors (Lipinski definition) is 3. The summed E-state index contributed by atoms with van der Waals surface area (Å²) < 4.78 is 14.5. The van der Waals surface area contributed by atoms with E-state index in [1.807, 2.05) is 13.0 Å². The molecule has 2 unspecified atom stereocenters. The summed E-state index contributed by atoms with van der Waals surface area (Å²) in [6, 6.07) is 8.48. The molecule has 2 aromatic rings. The van der Waals surface area contributed by atoms with E-state index in [-0.39, 0.29) is 22.4 Å². The molecule has 33 heavy (non-hydrogen) atoms. The molecule has 2 atom stereocenters. The Labute approximate surface area is 203 Å². The number of benzene rings is 2. The molecule has 0 bridgehead atoms. The van der Waals surface area contributed by atoms with Crippen molar-refractivity contribution >= 4 is 35.0 Å². The molecule has 5 nitrogen and oxygen atoms in total. The number of hydrogen-bond donors (Lipinski definition) is 1. The molecule has 1 N–H and O–H groups in total. The Bertz CT molecular complexity index is 1060. The predicted molar refractivity (Wildman–Crippen MR) is 129 cm³/mol. The molecule has 0 aliphatic carbocycles. The molecular weight excluding hydrogens is 464 g/mol. The summed E-state index contributed by atoms with van der Waals surface area (Å²) in [5.74, 6) is -0.205. The van der Waals surface area contributed by atoms with Crippen LogP contribution in [0.2, 0.25) is 10.0 Å². The molecule has 2 heterocycles. The Morgan fingerprint density at radius 1 is 1.00 bits per heavy atom. The second-order valence-electron chi connectivity index (χ2n) is 9.12. The lowest BCUT2D eigenvalue weighted by Gasteiger charge is -2.22. The molecule has 0 aromatic heterocycles. The average Bonchev–Trinajstić information content (AvgIpc) is 3.35. The van der Waals surface area contributed by atoms with Gasteiger partial charge in [0.25, 0.3) is 11.8 Å². The van der Waals surface area contributed by atoms with Gasteiger partial charge in [0.05, 0.1) is 10.6 Å². The number of halogens is 3. The standard InChI is InChI=1S/C25H28Cl2FN3O2/c1-15-4-6-17(10-21(15)27)24(32)29-8-3-9-30-11-18-13-31(14-19(18)12-30)25(33)22-20(26)7-5-16(2)23(22)28/h4-7,10,18-19H,3,8-9,11-14H2,1-2H3,(H,29,32). The Hall–Kier alpha value is -2.15. The Kier molecular flexibility index (Phi) is 7.27. The van der Waals surface area contributed by atoms with Gasteiger partial charge in [0.2, 0.25) is 0 Å². The highest BCUT2D eigenvalue weighted by Gasteiger charge is 2.42. The maximum Gasteiger partial charge on any atom is 0.258 e. The van der Waals surface area contributed by atoms with E-state index in [1.54, 1.807) is 36.1 Å². The van der Waals surface area contributed by atoms with E-state index in [1.165, 1.54) is 0 Å². The van der Waals surface area contributed by atoms with Crippen LogP contribution < -0.4 is 5.32 Å². The summed E-state index contributed by atoms with van der Waals surface area (Å²) in [6.45, 7) is 8.06.